The molecule has 4 heteroatoms. The maximum Gasteiger partial charge on any atom is 0.274 e. The summed E-state index contributed by atoms with van der Waals surface area (Å²) in [4.78, 5) is 11.1. The Labute approximate surface area is 82.1 Å². The maximum atomic E-state index is 11.1. The average Bonchev–Trinajstić information content (AvgIpc) is 2.20. The third-order valence-corrected chi connectivity index (χ3v) is 2.12. The molecule has 1 aromatic rings. The van der Waals surface area contributed by atoms with Gasteiger partial charge in [0.1, 0.15) is 5.75 Å². The second kappa shape index (κ2) is 4.11. The fourth-order valence-electron chi connectivity index (χ4n) is 1.32. The van der Waals surface area contributed by atoms with Gasteiger partial charge in [-0.05, 0) is 36.6 Å². The lowest BCUT2D eigenvalue weighted by Crippen LogP contribution is -2.18. The minimum Gasteiger partial charge on any atom is -0.507 e. The van der Waals surface area contributed by atoms with Crippen molar-refractivity contribution in [1.29, 1.82) is 0 Å². The summed E-state index contributed by atoms with van der Waals surface area (Å²) in [6, 6.07) is 3.09. The van der Waals surface area contributed by atoms with Gasteiger partial charge in [-0.25, -0.2) is 5.48 Å². The molecule has 0 spiro atoms. The lowest BCUT2D eigenvalue weighted by atomic mass is 10.0. The topological polar surface area (TPSA) is 69.6 Å². The highest BCUT2D eigenvalue weighted by atomic mass is 16.5. The molecule has 0 aromatic heterocycles. The molecule has 0 aliphatic heterocycles. The van der Waals surface area contributed by atoms with Crippen LogP contribution in [-0.2, 0) is 6.42 Å². The van der Waals surface area contributed by atoms with E-state index in [-0.39, 0.29) is 5.75 Å². The van der Waals surface area contributed by atoms with E-state index in [2.05, 4.69) is 0 Å². The van der Waals surface area contributed by atoms with Crippen LogP contribution >= 0.6 is 0 Å². The number of aryl methyl sites for hydroxylation is 2. The van der Waals surface area contributed by atoms with Gasteiger partial charge in [0.25, 0.3) is 5.91 Å². The van der Waals surface area contributed by atoms with Gasteiger partial charge in [0, 0.05) is 5.56 Å². The number of benzene rings is 1. The summed E-state index contributed by atoms with van der Waals surface area (Å²) in [7, 11) is 0. The average molecular weight is 195 g/mol. The van der Waals surface area contributed by atoms with E-state index >= 15 is 0 Å². The van der Waals surface area contributed by atoms with Gasteiger partial charge in [-0.3, -0.25) is 10.0 Å². The first kappa shape index (κ1) is 10.5. The number of hydrogen-bond donors (Lipinski definition) is 3. The Balaban J connectivity index is 3.22. The first-order valence-electron chi connectivity index (χ1n) is 4.37. The second-order valence-electron chi connectivity index (χ2n) is 3.10. The summed E-state index contributed by atoms with van der Waals surface area (Å²) < 4.78 is 0. The number of nitrogens with one attached hydrogen (secondary N) is 1. The molecule has 14 heavy (non-hydrogen) atoms. The van der Waals surface area contributed by atoms with Crippen molar-refractivity contribution in [3.63, 3.8) is 0 Å². The van der Waals surface area contributed by atoms with Crippen molar-refractivity contribution >= 4 is 5.91 Å². The number of rotatable bonds is 2. The Hall–Kier alpha value is -1.55. The largest absolute Gasteiger partial charge is 0.507 e. The lowest BCUT2D eigenvalue weighted by Gasteiger charge is -2.07. The van der Waals surface area contributed by atoms with Crippen LogP contribution in [0, 0.1) is 6.92 Å². The zero-order valence-corrected chi connectivity index (χ0v) is 8.16. The number of phenolic OH excluding ortho intramolecular Hbond substituents is 1. The van der Waals surface area contributed by atoms with Crippen molar-refractivity contribution in [2.24, 2.45) is 0 Å². The monoisotopic (exact) mass is 195 g/mol. The number of carbonyl (C=O) groups is 1. The molecule has 0 aliphatic rings. The Morgan fingerprint density at radius 1 is 1.50 bits per heavy atom. The quantitative estimate of drug-likeness (QED) is 0.493. The molecule has 0 aliphatic carbocycles. The number of carbonyl (C=O) groups excluding carboxylic acids is 1. The molecule has 0 heterocycles. The van der Waals surface area contributed by atoms with Crippen LogP contribution < -0.4 is 5.48 Å². The summed E-state index contributed by atoms with van der Waals surface area (Å²) in [5, 5.41) is 18.0. The second-order valence-corrected chi connectivity index (χ2v) is 3.10. The number of hydroxylamine groups is 1. The van der Waals surface area contributed by atoms with E-state index in [4.69, 9.17) is 5.21 Å². The van der Waals surface area contributed by atoms with Gasteiger partial charge in [0.2, 0.25) is 0 Å². The molecule has 1 amide bonds. The molecule has 1 aromatic carbocycles. The zero-order valence-electron chi connectivity index (χ0n) is 8.16. The highest BCUT2D eigenvalue weighted by molar-refractivity contribution is 5.94. The standard InChI is InChI=1S/C10H13NO3/c1-3-7-5-8(10(13)11-14)4-6(2)9(7)12/h4-5,12,14H,3H2,1-2H3,(H,11,13). The van der Waals surface area contributed by atoms with Gasteiger partial charge in [-0.15, -0.1) is 0 Å². The van der Waals surface area contributed by atoms with Crippen LogP contribution in [0.15, 0.2) is 12.1 Å². The fourth-order valence-corrected chi connectivity index (χ4v) is 1.32. The molecule has 0 atom stereocenters. The van der Waals surface area contributed by atoms with Crippen molar-refractivity contribution < 1.29 is 15.1 Å². The molecule has 0 unspecified atom stereocenters. The third-order valence-electron chi connectivity index (χ3n) is 2.12. The van der Waals surface area contributed by atoms with E-state index in [0.717, 1.165) is 0 Å². The highest BCUT2D eigenvalue weighted by Gasteiger charge is 2.10. The first-order valence-corrected chi connectivity index (χ1v) is 4.37. The summed E-state index contributed by atoms with van der Waals surface area (Å²) in [6.07, 6.45) is 0.638. The number of phenols is 1. The molecule has 0 saturated heterocycles. The number of hydrogen-bond acceptors (Lipinski definition) is 3. The lowest BCUT2D eigenvalue weighted by molar-refractivity contribution is 0.0706. The normalized spacial score (nSPS) is 9.93. The predicted octanol–water partition coefficient (Wildman–Crippen LogP) is 1.38. The highest BCUT2D eigenvalue weighted by Crippen LogP contribution is 2.24. The number of amides is 1. The zero-order chi connectivity index (χ0) is 10.7. The van der Waals surface area contributed by atoms with Crippen LogP contribution in [0.3, 0.4) is 0 Å². The molecule has 3 N–H and O–H groups in total. The van der Waals surface area contributed by atoms with E-state index in [1.807, 2.05) is 6.92 Å². The maximum absolute atomic E-state index is 11.1. The van der Waals surface area contributed by atoms with Crippen molar-refractivity contribution in [3.8, 4) is 5.75 Å². The molecule has 0 radical (unpaired) electrons. The van der Waals surface area contributed by atoms with Crippen LogP contribution in [-0.4, -0.2) is 16.2 Å². The van der Waals surface area contributed by atoms with E-state index in [0.29, 0.717) is 23.1 Å². The van der Waals surface area contributed by atoms with Crippen molar-refractivity contribution in [1.82, 2.24) is 5.48 Å². The summed E-state index contributed by atoms with van der Waals surface area (Å²) >= 11 is 0. The van der Waals surface area contributed by atoms with Gasteiger partial charge >= 0.3 is 0 Å². The molecule has 4 nitrogen and oxygen atoms in total. The van der Waals surface area contributed by atoms with E-state index < -0.39 is 5.91 Å². The minimum absolute atomic E-state index is 0.210. The van der Waals surface area contributed by atoms with Crippen LogP contribution in [0.2, 0.25) is 0 Å². The van der Waals surface area contributed by atoms with Crippen LogP contribution in [0.5, 0.6) is 5.75 Å². The van der Waals surface area contributed by atoms with E-state index in [1.165, 1.54) is 6.07 Å². The molecule has 0 saturated carbocycles. The summed E-state index contributed by atoms with van der Waals surface area (Å²) in [6.45, 7) is 3.60. The van der Waals surface area contributed by atoms with Crippen LogP contribution in [0.25, 0.3) is 0 Å². The molecular weight excluding hydrogens is 182 g/mol. The van der Waals surface area contributed by atoms with Gasteiger partial charge < -0.3 is 5.11 Å². The number of aromatic hydroxyl groups is 1. The first-order chi connectivity index (χ1) is 6.60. The minimum atomic E-state index is -0.567. The van der Waals surface area contributed by atoms with E-state index in [9.17, 15) is 9.90 Å². The predicted molar refractivity (Wildman–Crippen MR) is 51.5 cm³/mol. The summed E-state index contributed by atoms with van der Waals surface area (Å²) in [5.41, 5.74) is 3.23. The summed E-state index contributed by atoms with van der Waals surface area (Å²) in [5.74, 6) is -0.357. The van der Waals surface area contributed by atoms with E-state index in [1.54, 1.807) is 18.5 Å². The molecule has 1 rings (SSSR count). The van der Waals surface area contributed by atoms with Crippen molar-refractivity contribution in [3.05, 3.63) is 28.8 Å². The Kier molecular flexibility index (Phi) is 3.09. The molecule has 0 fully saturated rings. The molecule has 76 valence electrons. The molecule has 0 bridgehead atoms. The molecular formula is C10H13NO3. The smallest absolute Gasteiger partial charge is 0.274 e. The van der Waals surface area contributed by atoms with Crippen molar-refractivity contribution in [2.75, 3.05) is 0 Å². The van der Waals surface area contributed by atoms with Gasteiger partial charge in [-0.1, -0.05) is 6.92 Å². The Morgan fingerprint density at radius 3 is 2.64 bits per heavy atom. The van der Waals surface area contributed by atoms with Crippen LogP contribution in [0.1, 0.15) is 28.4 Å². The Bertz CT molecular complexity index is 361. The van der Waals surface area contributed by atoms with Gasteiger partial charge in [0.05, 0.1) is 0 Å². The van der Waals surface area contributed by atoms with Gasteiger partial charge in [-0.2, -0.15) is 0 Å². The Morgan fingerprint density at radius 2 is 2.14 bits per heavy atom. The third kappa shape index (κ3) is 1.85. The SMILES string of the molecule is CCc1cc(C(=O)NO)cc(C)c1O. The van der Waals surface area contributed by atoms with Crippen molar-refractivity contribution in [2.45, 2.75) is 20.3 Å². The fraction of sp³-hybridized carbons (Fsp3) is 0.300. The van der Waals surface area contributed by atoms with Crippen LogP contribution in [0.4, 0.5) is 0 Å². The van der Waals surface area contributed by atoms with Gasteiger partial charge in [0.15, 0.2) is 0 Å².